The average Bonchev–Trinajstić information content (AvgIpc) is 2.41. The van der Waals surface area contributed by atoms with Crippen molar-refractivity contribution >= 4 is 5.91 Å². The minimum Gasteiger partial charge on any atom is -0.354 e. The van der Waals surface area contributed by atoms with Gasteiger partial charge in [0.15, 0.2) is 6.29 Å². The third kappa shape index (κ3) is 4.83. The highest BCUT2D eigenvalue weighted by molar-refractivity contribution is 5.76. The zero-order valence-electron chi connectivity index (χ0n) is 10.8. The van der Waals surface area contributed by atoms with Crippen molar-refractivity contribution in [3.63, 3.8) is 0 Å². The predicted molar refractivity (Wildman–Crippen MR) is 68.8 cm³/mol. The van der Waals surface area contributed by atoms with Crippen LogP contribution in [0.1, 0.15) is 18.0 Å². The van der Waals surface area contributed by atoms with Gasteiger partial charge in [-0.15, -0.1) is 0 Å². The van der Waals surface area contributed by atoms with Crippen LogP contribution in [-0.2, 0) is 14.3 Å². The van der Waals surface area contributed by atoms with Gasteiger partial charge in [-0.3, -0.25) is 4.79 Å². The second kappa shape index (κ2) is 7.81. The quantitative estimate of drug-likeness (QED) is 0.704. The summed E-state index contributed by atoms with van der Waals surface area (Å²) in [6.45, 7) is 0.313. The molecule has 0 aliphatic carbocycles. The van der Waals surface area contributed by atoms with E-state index in [0.717, 1.165) is 5.56 Å². The van der Waals surface area contributed by atoms with Crippen LogP contribution in [0.4, 0.5) is 0 Å². The van der Waals surface area contributed by atoms with Crippen LogP contribution in [0.25, 0.3) is 0 Å². The molecule has 1 amide bonds. The van der Waals surface area contributed by atoms with Gasteiger partial charge >= 0.3 is 0 Å². The summed E-state index contributed by atoms with van der Waals surface area (Å²) in [6, 6.07) is 9.24. The topological polar surface area (TPSA) is 73.6 Å². The van der Waals surface area contributed by atoms with Gasteiger partial charge in [0, 0.05) is 26.7 Å². The Kier molecular flexibility index (Phi) is 6.35. The highest BCUT2D eigenvalue weighted by Gasteiger charge is 2.13. The molecule has 3 N–H and O–H groups in total. The minimum atomic E-state index is -0.429. The maximum absolute atomic E-state index is 11.7. The molecule has 1 rings (SSSR count). The molecule has 0 aliphatic rings. The van der Waals surface area contributed by atoms with Gasteiger partial charge in [0.25, 0.3) is 0 Å². The number of hydrogen-bond donors (Lipinski definition) is 2. The summed E-state index contributed by atoms with van der Waals surface area (Å²) in [4.78, 5) is 11.7. The zero-order chi connectivity index (χ0) is 13.4. The molecule has 0 saturated heterocycles. The van der Waals surface area contributed by atoms with E-state index >= 15 is 0 Å². The maximum atomic E-state index is 11.7. The fraction of sp³-hybridized carbons (Fsp3) is 0.462. The van der Waals surface area contributed by atoms with Crippen molar-refractivity contribution < 1.29 is 14.3 Å². The van der Waals surface area contributed by atoms with Crippen molar-refractivity contribution in [3.05, 3.63) is 35.9 Å². The number of rotatable bonds is 7. The summed E-state index contributed by atoms with van der Waals surface area (Å²) in [7, 11) is 3.05. The molecule has 1 aromatic rings. The first kappa shape index (κ1) is 14.6. The number of methoxy groups -OCH3 is 2. The van der Waals surface area contributed by atoms with E-state index in [4.69, 9.17) is 15.2 Å². The highest BCUT2D eigenvalue weighted by Crippen LogP contribution is 2.12. The standard InChI is InChI=1S/C13H20N2O3/c1-17-13(18-2)9-15-12(16)8-11(14)10-6-4-3-5-7-10/h3-7,11,13H,8-9,14H2,1-2H3,(H,15,16). The Hall–Kier alpha value is -1.43. The third-order valence-corrected chi connectivity index (χ3v) is 2.62. The van der Waals surface area contributed by atoms with Gasteiger partial charge in [-0.1, -0.05) is 30.3 Å². The van der Waals surface area contributed by atoms with E-state index in [1.165, 1.54) is 14.2 Å². The van der Waals surface area contributed by atoms with Crippen molar-refractivity contribution in [1.29, 1.82) is 0 Å². The maximum Gasteiger partial charge on any atom is 0.222 e. The van der Waals surface area contributed by atoms with E-state index in [2.05, 4.69) is 5.32 Å². The average molecular weight is 252 g/mol. The van der Waals surface area contributed by atoms with Crippen LogP contribution in [0.3, 0.4) is 0 Å². The van der Waals surface area contributed by atoms with E-state index in [9.17, 15) is 4.79 Å². The van der Waals surface area contributed by atoms with Crippen LogP contribution in [0.15, 0.2) is 30.3 Å². The summed E-state index contributed by atoms with van der Waals surface area (Å²) in [5, 5.41) is 2.72. The number of hydrogen-bond acceptors (Lipinski definition) is 4. The van der Waals surface area contributed by atoms with Crippen LogP contribution >= 0.6 is 0 Å². The lowest BCUT2D eigenvalue weighted by Crippen LogP contribution is -2.35. The molecule has 5 heteroatoms. The molecule has 0 fully saturated rings. The zero-order valence-corrected chi connectivity index (χ0v) is 10.8. The Morgan fingerprint density at radius 2 is 1.89 bits per heavy atom. The molecule has 5 nitrogen and oxygen atoms in total. The van der Waals surface area contributed by atoms with Crippen molar-refractivity contribution in [3.8, 4) is 0 Å². The smallest absolute Gasteiger partial charge is 0.222 e. The van der Waals surface area contributed by atoms with Gasteiger partial charge in [-0.2, -0.15) is 0 Å². The lowest BCUT2D eigenvalue weighted by Gasteiger charge is -2.16. The Morgan fingerprint density at radius 3 is 2.44 bits per heavy atom. The number of ether oxygens (including phenoxy) is 2. The van der Waals surface area contributed by atoms with Gasteiger partial charge in [-0.25, -0.2) is 0 Å². The molecule has 0 aliphatic heterocycles. The predicted octanol–water partition coefficient (Wildman–Crippen LogP) is 0.812. The van der Waals surface area contributed by atoms with Crippen LogP contribution in [0, 0.1) is 0 Å². The lowest BCUT2D eigenvalue weighted by molar-refractivity contribution is -0.127. The molecule has 0 saturated carbocycles. The SMILES string of the molecule is COC(CNC(=O)CC(N)c1ccccc1)OC. The van der Waals surface area contributed by atoms with E-state index in [-0.39, 0.29) is 18.4 Å². The summed E-state index contributed by atoms with van der Waals surface area (Å²) in [5.74, 6) is -0.120. The Labute approximate surface area is 107 Å². The number of nitrogens with two attached hydrogens (primary N) is 1. The van der Waals surface area contributed by atoms with Gasteiger partial charge in [0.2, 0.25) is 5.91 Å². The number of benzene rings is 1. The van der Waals surface area contributed by atoms with Crippen LogP contribution in [0.5, 0.6) is 0 Å². The molecule has 18 heavy (non-hydrogen) atoms. The van der Waals surface area contributed by atoms with Gasteiger partial charge < -0.3 is 20.5 Å². The lowest BCUT2D eigenvalue weighted by atomic mass is 10.0. The second-order valence-corrected chi connectivity index (χ2v) is 3.93. The first-order valence-corrected chi connectivity index (χ1v) is 5.80. The molecule has 100 valence electrons. The molecule has 0 radical (unpaired) electrons. The van der Waals surface area contributed by atoms with Gasteiger partial charge in [-0.05, 0) is 5.56 Å². The van der Waals surface area contributed by atoms with Crippen molar-refractivity contribution in [1.82, 2.24) is 5.32 Å². The van der Waals surface area contributed by atoms with Crippen molar-refractivity contribution in [2.75, 3.05) is 20.8 Å². The number of carbonyl (C=O) groups is 1. The summed E-state index contributed by atoms with van der Waals surface area (Å²) in [5.41, 5.74) is 6.89. The van der Waals surface area contributed by atoms with Crippen LogP contribution in [-0.4, -0.2) is 33.0 Å². The summed E-state index contributed by atoms with van der Waals surface area (Å²) in [6.07, 6.45) is -0.189. The second-order valence-electron chi connectivity index (χ2n) is 3.93. The molecule has 1 atom stereocenters. The van der Waals surface area contributed by atoms with Crippen LogP contribution in [0.2, 0.25) is 0 Å². The van der Waals surface area contributed by atoms with E-state index in [1.54, 1.807) is 0 Å². The largest absolute Gasteiger partial charge is 0.354 e. The van der Waals surface area contributed by atoms with E-state index in [1.807, 2.05) is 30.3 Å². The molecule has 0 heterocycles. The first-order chi connectivity index (χ1) is 8.67. The fourth-order valence-corrected chi connectivity index (χ4v) is 1.55. The molecule has 0 spiro atoms. The Balaban J connectivity index is 2.36. The fourth-order valence-electron chi connectivity index (χ4n) is 1.55. The van der Waals surface area contributed by atoms with E-state index in [0.29, 0.717) is 6.54 Å². The molecule has 1 aromatic carbocycles. The van der Waals surface area contributed by atoms with E-state index < -0.39 is 6.29 Å². The van der Waals surface area contributed by atoms with Crippen molar-refractivity contribution in [2.24, 2.45) is 5.73 Å². The van der Waals surface area contributed by atoms with Crippen LogP contribution < -0.4 is 11.1 Å². The van der Waals surface area contributed by atoms with Crippen molar-refractivity contribution in [2.45, 2.75) is 18.8 Å². The first-order valence-electron chi connectivity index (χ1n) is 5.80. The number of nitrogens with one attached hydrogen (secondary N) is 1. The monoisotopic (exact) mass is 252 g/mol. The third-order valence-electron chi connectivity index (χ3n) is 2.62. The number of amides is 1. The Bertz CT molecular complexity index is 353. The number of carbonyl (C=O) groups excluding carboxylic acids is 1. The molecule has 0 bridgehead atoms. The molecule has 1 unspecified atom stereocenters. The molecule has 0 aromatic heterocycles. The molecular formula is C13H20N2O3. The Morgan fingerprint density at radius 1 is 1.28 bits per heavy atom. The summed E-state index contributed by atoms with van der Waals surface area (Å²) < 4.78 is 9.94. The van der Waals surface area contributed by atoms with Gasteiger partial charge in [0.05, 0.1) is 6.54 Å². The normalized spacial score (nSPS) is 12.4. The molecular weight excluding hydrogens is 232 g/mol. The highest BCUT2D eigenvalue weighted by atomic mass is 16.7. The summed E-state index contributed by atoms with van der Waals surface area (Å²) >= 11 is 0. The minimum absolute atomic E-state index is 0.120. The van der Waals surface area contributed by atoms with Gasteiger partial charge in [0.1, 0.15) is 0 Å².